The molecule has 3 heteroatoms. The van der Waals surface area contributed by atoms with Crippen molar-refractivity contribution >= 4 is 10.8 Å². The van der Waals surface area contributed by atoms with Crippen molar-refractivity contribution in [1.82, 2.24) is 5.16 Å². The molecule has 20 heavy (non-hydrogen) atoms. The Balaban J connectivity index is 1.94. The van der Waals surface area contributed by atoms with Gasteiger partial charge in [0.25, 0.3) is 0 Å². The first kappa shape index (κ1) is 12.9. The Hall–Kier alpha value is -2.13. The van der Waals surface area contributed by atoms with E-state index in [1.165, 1.54) is 10.8 Å². The van der Waals surface area contributed by atoms with Crippen LogP contribution in [0.3, 0.4) is 0 Å². The molecule has 3 nitrogen and oxygen atoms in total. The van der Waals surface area contributed by atoms with Gasteiger partial charge in [0.05, 0.1) is 6.04 Å². The molecule has 3 aromatic rings. The molecule has 0 bridgehead atoms. The van der Waals surface area contributed by atoms with Gasteiger partial charge >= 0.3 is 0 Å². The number of nitrogens with two attached hydrogens (primary N) is 1. The van der Waals surface area contributed by atoms with Gasteiger partial charge in [0, 0.05) is 11.6 Å². The minimum Gasteiger partial charge on any atom is -0.359 e. The van der Waals surface area contributed by atoms with Crippen LogP contribution in [0.4, 0.5) is 0 Å². The zero-order chi connectivity index (χ0) is 13.9. The van der Waals surface area contributed by atoms with E-state index in [0.29, 0.717) is 0 Å². The van der Waals surface area contributed by atoms with Crippen molar-refractivity contribution in [3.63, 3.8) is 0 Å². The van der Waals surface area contributed by atoms with E-state index in [0.717, 1.165) is 29.9 Å². The summed E-state index contributed by atoms with van der Waals surface area (Å²) in [6, 6.07) is 16.5. The molecule has 1 aromatic heterocycles. The molecule has 3 rings (SSSR count). The van der Waals surface area contributed by atoms with Crippen LogP contribution in [0.25, 0.3) is 22.0 Å². The molecule has 0 radical (unpaired) electrons. The van der Waals surface area contributed by atoms with Crippen molar-refractivity contribution < 1.29 is 4.52 Å². The summed E-state index contributed by atoms with van der Waals surface area (Å²) in [5, 5.41) is 6.57. The molecule has 1 heterocycles. The van der Waals surface area contributed by atoms with E-state index in [1.54, 1.807) is 0 Å². The number of hydrogen-bond acceptors (Lipinski definition) is 3. The Morgan fingerprint density at radius 3 is 2.70 bits per heavy atom. The molecule has 0 aliphatic rings. The fourth-order valence-corrected chi connectivity index (χ4v) is 2.40. The average molecular weight is 266 g/mol. The molecule has 0 amide bonds. The lowest BCUT2D eigenvalue weighted by atomic mass is 10.0. The normalized spacial score (nSPS) is 12.7. The van der Waals surface area contributed by atoms with E-state index in [9.17, 15) is 0 Å². The lowest BCUT2D eigenvalue weighted by Gasteiger charge is -2.03. The summed E-state index contributed by atoms with van der Waals surface area (Å²) in [5.74, 6) is 0.759. The predicted octanol–water partition coefficient (Wildman–Crippen LogP) is 4.29. The fourth-order valence-electron chi connectivity index (χ4n) is 2.40. The number of rotatable bonds is 4. The molecule has 0 fully saturated rings. The van der Waals surface area contributed by atoms with Crippen LogP contribution in [0.15, 0.2) is 53.1 Å². The summed E-state index contributed by atoms with van der Waals surface area (Å²) in [5.41, 5.74) is 7.96. The van der Waals surface area contributed by atoms with Gasteiger partial charge < -0.3 is 10.3 Å². The second-order valence-corrected chi connectivity index (χ2v) is 5.07. The van der Waals surface area contributed by atoms with Crippen LogP contribution in [0.5, 0.6) is 0 Å². The Morgan fingerprint density at radius 2 is 1.90 bits per heavy atom. The number of hydrogen-bond donors (Lipinski definition) is 1. The molecule has 1 atom stereocenters. The Bertz CT molecular complexity index is 718. The van der Waals surface area contributed by atoms with Crippen LogP contribution in [-0.4, -0.2) is 5.16 Å². The molecule has 0 saturated heterocycles. The summed E-state index contributed by atoms with van der Waals surface area (Å²) in [4.78, 5) is 0. The van der Waals surface area contributed by atoms with Gasteiger partial charge in [0.2, 0.25) is 0 Å². The minimum absolute atomic E-state index is 0.0679. The highest BCUT2D eigenvalue weighted by Gasteiger charge is 2.13. The Labute approximate surface area is 118 Å². The third kappa shape index (κ3) is 2.45. The second-order valence-electron chi connectivity index (χ2n) is 5.07. The zero-order valence-corrected chi connectivity index (χ0v) is 11.5. The van der Waals surface area contributed by atoms with Gasteiger partial charge in [-0.2, -0.15) is 0 Å². The fraction of sp³-hybridized carbons (Fsp3) is 0.235. The van der Waals surface area contributed by atoms with E-state index < -0.39 is 0 Å². The van der Waals surface area contributed by atoms with Gasteiger partial charge in [-0.3, -0.25) is 0 Å². The molecule has 1 unspecified atom stereocenters. The maximum Gasteiger partial charge on any atom is 0.154 e. The molecular weight excluding hydrogens is 248 g/mol. The number of fused-ring (bicyclic) bond motifs is 1. The van der Waals surface area contributed by atoms with E-state index in [-0.39, 0.29) is 6.04 Å². The maximum absolute atomic E-state index is 6.05. The maximum atomic E-state index is 6.05. The highest BCUT2D eigenvalue weighted by molar-refractivity contribution is 5.86. The van der Waals surface area contributed by atoms with Crippen LogP contribution in [0.2, 0.25) is 0 Å². The standard InChI is InChI=1S/C17H18N2O/c1-2-5-15(18)17-11-16(19-20-17)14-9-8-12-6-3-4-7-13(12)10-14/h3-4,6-11,15H,2,5,18H2,1H3. The summed E-state index contributed by atoms with van der Waals surface area (Å²) in [6.45, 7) is 2.11. The number of aromatic nitrogens is 1. The van der Waals surface area contributed by atoms with Crippen LogP contribution in [0, 0.1) is 0 Å². The van der Waals surface area contributed by atoms with Crippen LogP contribution in [0.1, 0.15) is 31.6 Å². The topological polar surface area (TPSA) is 52.0 Å². The van der Waals surface area contributed by atoms with E-state index in [2.05, 4.69) is 42.4 Å². The van der Waals surface area contributed by atoms with Crippen LogP contribution in [-0.2, 0) is 0 Å². The van der Waals surface area contributed by atoms with Gasteiger partial charge in [-0.15, -0.1) is 0 Å². The van der Waals surface area contributed by atoms with Crippen molar-refractivity contribution in [1.29, 1.82) is 0 Å². The summed E-state index contributed by atoms with van der Waals surface area (Å²) in [6.07, 6.45) is 1.94. The van der Waals surface area contributed by atoms with Gasteiger partial charge in [-0.1, -0.05) is 54.9 Å². The van der Waals surface area contributed by atoms with E-state index >= 15 is 0 Å². The Kier molecular flexibility index (Phi) is 3.52. The second kappa shape index (κ2) is 5.47. The van der Waals surface area contributed by atoms with Gasteiger partial charge in [-0.05, 0) is 23.3 Å². The lowest BCUT2D eigenvalue weighted by molar-refractivity contribution is 0.356. The predicted molar refractivity (Wildman–Crippen MR) is 81.3 cm³/mol. The van der Waals surface area contributed by atoms with Crippen LogP contribution < -0.4 is 5.73 Å². The lowest BCUT2D eigenvalue weighted by Crippen LogP contribution is -2.08. The largest absolute Gasteiger partial charge is 0.359 e. The highest BCUT2D eigenvalue weighted by atomic mass is 16.5. The average Bonchev–Trinajstić information content (AvgIpc) is 2.97. The number of benzene rings is 2. The highest BCUT2D eigenvalue weighted by Crippen LogP contribution is 2.26. The van der Waals surface area contributed by atoms with E-state index in [1.807, 2.05) is 18.2 Å². The first-order valence-electron chi connectivity index (χ1n) is 6.99. The summed E-state index contributed by atoms with van der Waals surface area (Å²) >= 11 is 0. The number of nitrogens with zero attached hydrogens (tertiary/aromatic N) is 1. The summed E-state index contributed by atoms with van der Waals surface area (Å²) in [7, 11) is 0. The van der Waals surface area contributed by atoms with Crippen molar-refractivity contribution in [2.75, 3.05) is 0 Å². The molecular formula is C17H18N2O. The molecule has 2 aromatic carbocycles. The van der Waals surface area contributed by atoms with E-state index in [4.69, 9.17) is 10.3 Å². The zero-order valence-electron chi connectivity index (χ0n) is 11.5. The first-order chi connectivity index (χ1) is 9.78. The molecule has 102 valence electrons. The van der Waals surface area contributed by atoms with Crippen molar-refractivity contribution in [3.8, 4) is 11.3 Å². The molecule has 0 aliphatic carbocycles. The van der Waals surface area contributed by atoms with Crippen LogP contribution >= 0.6 is 0 Å². The first-order valence-corrected chi connectivity index (χ1v) is 6.99. The smallest absolute Gasteiger partial charge is 0.154 e. The van der Waals surface area contributed by atoms with Crippen molar-refractivity contribution in [3.05, 3.63) is 54.3 Å². The SMILES string of the molecule is CCCC(N)c1cc(-c2ccc3ccccc3c2)no1. The van der Waals surface area contributed by atoms with Crippen molar-refractivity contribution in [2.45, 2.75) is 25.8 Å². The Morgan fingerprint density at radius 1 is 1.10 bits per heavy atom. The van der Waals surface area contributed by atoms with Gasteiger partial charge in [-0.25, -0.2) is 0 Å². The molecule has 0 saturated carbocycles. The minimum atomic E-state index is -0.0679. The molecule has 2 N–H and O–H groups in total. The third-order valence-electron chi connectivity index (χ3n) is 3.54. The van der Waals surface area contributed by atoms with Gasteiger partial charge in [0.15, 0.2) is 5.76 Å². The third-order valence-corrected chi connectivity index (χ3v) is 3.54. The van der Waals surface area contributed by atoms with Crippen molar-refractivity contribution in [2.24, 2.45) is 5.73 Å². The molecule has 0 spiro atoms. The summed E-state index contributed by atoms with van der Waals surface area (Å²) < 4.78 is 5.37. The van der Waals surface area contributed by atoms with Gasteiger partial charge in [0.1, 0.15) is 5.69 Å². The quantitative estimate of drug-likeness (QED) is 0.766. The monoisotopic (exact) mass is 266 g/mol. The molecule has 0 aliphatic heterocycles.